The number of benzene rings is 4. The van der Waals surface area contributed by atoms with Crippen molar-refractivity contribution in [3.05, 3.63) is 96.1 Å². The van der Waals surface area contributed by atoms with Gasteiger partial charge in [-0.25, -0.2) is 27.1 Å². The SMILES string of the molecule is CC(C)(C)OC(=O)NN=C1c2cc(S(=O)(=O)Nc3cccc(O)c3)ccc2-c2ccc(S(=O)(=O)Nc3cccc(O)c3)cc21. The van der Waals surface area contributed by atoms with Crippen LogP contribution < -0.4 is 14.9 Å². The summed E-state index contributed by atoms with van der Waals surface area (Å²) in [6, 6.07) is 19.8. The molecule has 0 saturated carbocycles. The fraction of sp³-hybridized carbons (Fsp3) is 0.133. The molecule has 5 rings (SSSR count). The lowest BCUT2D eigenvalue weighted by Crippen LogP contribution is -2.30. The van der Waals surface area contributed by atoms with E-state index in [-0.39, 0.29) is 38.4 Å². The molecule has 14 heteroatoms. The van der Waals surface area contributed by atoms with E-state index < -0.39 is 31.7 Å². The topological polar surface area (TPSA) is 183 Å². The van der Waals surface area contributed by atoms with E-state index in [9.17, 15) is 31.8 Å². The number of rotatable bonds is 7. The minimum atomic E-state index is -4.14. The maximum atomic E-state index is 13.3. The molecular formula is C30H28N4O8S2. The van der Waals surface area contributed by atoms with Crippen molar-refractivity contribution < 1.29 is 36.6 Å². The molecule has 1 aliphatic carbocycles. The first-order valence-electron chi connectivity index (χ1n) is 13.1. The highest BCUT2D eigenvalue weighted by atomic mass is 32.2. The molecule has 0 unspecified atom stereocenters. The quantitative estimate of drug-likeness (QED) is 0.155. The number of hydrogen-bond donors (Lipinski definition) is 5. The summed E-state index contributed by atoms with van der Waals surface area (Å²) in [7, 11) is -8.28. The highest BCUT2D eigenvalue weighted by molar-refractivity contribution is 7.93. The van der Waals surface area contributed by atoms with E-state index in [2.05, 4.69) is 20.0 Å². The van der Waals surface area contributed by atoms with Crippen LogP contribution in [0.5, 0.6) is 11.5 Å². The number of sulfonamides is 2. The molecule has 0 radical (unpaired) electrons. The van der Waals surface area contributed by atoms with Gasteiger partial charge in [0.15, 0.2) is 0 Å². The van der Waals surface area contributed by atoms with Crippen LogP contribution in [-0.4, -0.2) is 44.5 Å². The molecule has 228 valence electrons. The van der Waals surface area contributed by atoms with Crippen molar-refractivity contribution in [3.8, 4) is 22.6 Å². The first-order valence-corrected chi connectivity index (χ1v) is 16.1. The van der Waals surface area contributed by atoms with Gasteiger partial charge in [-0.3, -0.25) is 9.44 Å². The Morgan fingerprint density at radius 2 is 1.14 bits per heavy atom. The third-order valence-electron chi connectivity index (χ3n) is 6.26. The van der Waals surface area contributed by atoms with Crippen molar-refractivity contribution in [1.29, 1.82) is 0 Å². The van der Waals surface area contributed by atoms with Crippen molar-refractivity contribution in [1.82, 2.24) is 5.43 Å². The fourth-order valence-corrected chi connectivity index (χ4v) is 6.63. The number of anilines is 2. The van der Waals surface area contributed by atoms with Gasteiger partial charge in [0.2, 0.25) is 0 Å². The van der Waals surface area contributed by atoms with Crippen molar-refractivity contribution in [2.75, 3.05) is 9.44 Å². The third-order valence-corrected chi connectivity index (χ3v) is 9.02. The van der Waals surface area contributed by atoms with Crippen molar-refractivity contribution in [2.24, 2.45) is 5.10 Å². The average molecular weight is 637 g/mol. The van der Waals surface area contributed by atoms with Crippen molar-refractivity contribution >= 4 is 43.2 Å². The molecule has 4 aromatic carbocycles. The second-order valence-electron chi connectivity index (χ2n) is 10.8. The number of amides is 1. The van der Waals surface area contributed by atoms with Gasteiger partial charge in [-0.2, -0.15) is 5.10 Å². The van der Waals surface area contributed by atoms with Gasteiger partial charge in [0, 0.05) is 23.3 Å². The molecule has 4 aromatic rings. The summed E-state index contributed by atoms with van der Waals surface area (Å²) in [5, 5.41) is 23.7. The molecule has 1 amide bonds. The normalized spacial score (nSPS) is 12.6. The molecule has 0 aromatic heterocycles. The smallest absolute Gasteiger partial charge is 0.428 e. The molecule has 44 heavy (non-hydrogen) atoms. The Labute approximate surface area is 254 Å². The zero-order valence-corrected chi connectivity index (χ0v) is 25.3. The maximum Gasteiger partial charge on any atom is 0.428 e. The fourth-order valence-electron chi connectivity index (χ4n) is 4.48. The Morgan fingerprint density at radius 3 is 1.55 bits per heavy atom. The molecule has 0 saturated heterocycles. The number of nitrogens with one attached hydrogen (secondary N) is 3. The van der Waals surface area contributed by atoms with E-state index in [1.165, 1.54) is 72.8 Å². The molecule has 0 heterocycles. The standard InChI is InChI=1S/C30H28N4O8S2/c1-30(2,3)42-29(37)32-31-28-26-16-22(43(38,39)33-18-6-4-8-20(35)14-18)10-12-24(26)25-13-11-23(17-27(25)28)44(40,41)34-19-7-5-9-21(36)15-19/h4-17,33-36H,1-3H3,(H,32,37). The number of aromatic hydroxyl groups is 2. The van der Waals surface area contributed by atoms with Crippen LogP contribution in [0.2, 0.25) is 0 Å². The summed E-state index contributed by atoms with van der Waals surface area (Å²) < 4.78 is 63.2. The lowest BCUT2D eigenvalue weighted by Gasteiger charge is -2.18. The van der Waals surface area contributed by atoms with Gasteiger partial charge in [0.05, 0.1) is 26.9 Å². The van der Waals surface area contributed by atoms with Gasteiger partial charge in [0.1, 0.15) is 17.1 Å². The summed E-state index contributed by atoms with van der Waals surface area (Å²) in [4.78, 5) is 12.2. The number of ether oxygens (including phenoxy) is 1. The number of phenols is 2. The van der Waals surface area contributed by atoms with Gasteiger partial charge in [0.25, 0.3) is 20.0 Å². The summed E-state index contributed by atoms with van der Waals surface area (Å²) in [5.74, 6) is -0.247. The molecule has 12 nitrogen and oxygen atoms in total. The van der Waals surface area contributed by atoms with Gasteiger partial charge >= 0.3 is 6.09 Å². The van der Waals surface area contributed by atoms with E-state index >= 15 is 0 Å². The first kappa shape index (κ1) is 30.4. The lowest BCUT2D eigenvalue weighted by atomic mass is 10.1. The zero-order chi connectivity index (χ0) is 31.9. The highest BCUT2D eigenvalue weighted by Crippen LogP contribution is 2.39. The van der Waals surface area contributed by atoms with E-state index in [4.69, 9.17) is 4.74 Å². The predicted octanol–water partition coefficient (Wildman–Crippen LogP) is 4.96. The van der Waals surface area contributed by atoms with E-state index in [1.54, 1.807) is 32.9 Å². The summed E-state index contributed by atoms with van der Waals surface area (Å²) in [5.41, 5.74) is 3.59. The molecule has 1 aliphatic rings. The molecule has 0 atom stereocenters. The van der Waals surface area contributed by atoms with Crippen molar-refractivity contribution in [2.45, 2.75) is 36.2 Å². The minimum absolute atomic E-state index is 0.102. The van der Waals surface area contributed by atoms with E-state index in [0.29, 0.717) is 22.3 Å². The van der Waals surface area contributed by atoms with Crippen LogP contribution in [0.1, 0.15) is 31.9 Å². The molecule has 0 spiro atoms. The van der Waals surface area contributed by atoms with Gasteiger partial charge in [-0.1, -0.05) is 24.3 Å². The van der Waals surface area contributed by atoms with E-state index in [0.717, 1.165) is 0 Å². The number of hydrogen-bond acceptors (Lipinski definition) is 9. The number of carbonyl (C=O) groups excluding carboxylic acids is 1. The van der Waals surface area contributed by atoms with Crippen LogP contribution in [0.3, 0.4) is 0 Å². The zero-order valence-electron chi connectivity index (χ0n) is 23.7. The summed E-state index contributed by atoms with van der Waals surface area (Å²) >= 11 is 0. The van der Waals surface area contributed by atoms with Gasteiger partial charge < -0.3 is 14.9 Å². The Balaban J connectivity index is 1.56. The number of hydrazone groups is 1. The van der Waals surface area contributed by atoms with Crippen LogP contribution in [-0.2, 0) is 24.8 Å². The van der Waals surface area contributed by atoms with Crippen LogP contribution >= 0.6 is 0 Å². The lowest BCUT2D eigenvalue weighted by molar-refractivity contribution is 0.0529. The second kappa shape index (κ2) is 11.2. The molecule has 0 bridgehead atoms. The molecular weight excluding hydrogens is 608 g/mol. The molecule has 5 N–H and O–H groups in total. The first-order chi connectivity index (χ1) is 20.6. The predicted molar refractivity (Wildman–Crippen MR) is 165 cm³/mol. The Bertz CT molecular complexity index is 1910. The van der Waals surface area contributed by atoms with Crippen molar-refractivity contribution in [3.63, 3.8) is 0 Å². The second-order valence-corrected chi connectivity index (χ2v) is 14.2. The number of phenolic OH excluding ortho intramolecular Hbond substituents is 2. The van der Waals surface area contributed by atoms with Crippen LogP contribution in [0.15, 0.2) is 99.8 Å². The number of nitrogens with zero attached hydrogens (tertiary/aromatic N) is 1. The van der Waals surface area contributed by atoms with Gasteiger partial charge in [-0.15, -0.1) is 0 Å². The largest absolute Gasteiger partial charge is 0.508 e. The summed E-state index contributed by atoms with van der Waals surface area (Å²) in [6.07, 6.45) is -0.872. The van der Waals surface area contributed by atoms with Gasteiger partial charge in [-0.05, 0) is 80.4 Å². The molecule has 0 aliphatic heterocycles. The Kier molecular flexibility index (Phi) is 7.74. The Hall–Kier alpha value is -5.08. The number of carbonyl (C=O) groups is 1. The van der Waals surface area contributed by atoms with Crippen LogP contribution in [0, 0.1) is 0 Å². The minimum Gasteiger partial charge on any atom is -0.508 e. The van der Waals surface area contributed by atoms with Crippen LogP contribution in [0.25, 0.3) is 11.1 Å². The number of fused-ring (bicyclic) bond motifs is 3. The molecule has 0 fully saturated rings. The monoisotopic (exact) mass is 636 g/mol. The third kappa shape index (κ3) is 6.61. The maximum absolute atomic E-state index is 13.3. The summed E-state index contributed by atoms with van der Waals surface area (Å²) in [6.45, 7) is 5.02. The average Bonchev–Trinajstić information content (AvgIpc) is 3.23. The Morgan fingerprint density at radius 1 is 0.682 bits per heavy atom. The van der Waals surface area contributed by atoms with Crippen LogP contribution in [0.4, 0.5) is 16.2 Å². The highest BCUT2D eigenvalue weighted by Gasteiger charge is 2.30. The van der Waals surface area contributed by atoms with E-state index in [1.807, 2.05) is 0 Å².